The molecule has 0 saturated carbocycles. The number of ether oxygens (including phenoxy) is 1. The molecule has 0 aliphatic carbocycles. The molecule has 0 saturated heterocycles. The number of halogens is 2. The van der Waals surface area contributed by atoms with E-state index in [9.17, 15) is 13.6 Å². The van der Waals surface area contributed by atoms with E-state index < -0.39 is 12.7 Å². The fourth-order valence-corrected chi connectivity index (χ4v) is 1.29. The molecule has 18 heavy (non-hydrogen) atoms. The fraction of sp³-hybridized carbons (Fsp3) is 0.417. The minimum atomic E-state index is -2.84. The van der Waals surface area contributed by atoms with E-state index in [-0.39, 0.29) is 11.7 Å². The van der Waals surface area contributed by atoms with Crippen LogP contribution in [0.1, 0.15) is 18.9 Å². The van der Waals surface area contributed by atoms with Crippen molar-refractivity contribution in [3.05, 3.63) is 29.8 Å². The second-order valence-electron chi connectivity index (χ2n) is 3.75. The van der Waals surface area contributed by atoms with Crippen LogP contribution >= 0.6 is 0 Å². The van der Waals surface area contributed by atoms with Crippen LogP contribution < -0.4 is 15.8 Å². The van der Waals surface area contributed by atoms with Gasteiger partial charge in [-0.2, -0.15) is 8.78 Å². The molecule has 0 radical (unpaired) electrons. The Labute approximate surface area is 104 Å². The van der Waals surface area contributed by atoms with Crippen LogP contribution in [0.3, 0.4) is 0 Å². The molecule has 0 fully saturated rings. The zero-order chi connectivity index (χ0) is 13.5. The Morgan fingerprint density at radius 3 is 2.50 bits per heavy atom. The van der Waals surface area contributed by atoms with Gasteiger partial charge in [0.05, 0.1) is 6.04 Å². The van der Waals surface area contributed by atoms with E-state index in [1.807, 2.05) is 6.92 Å². The van der Waals surface area contributed by atoms with Crippen LogP contribution in [-0.4, -0.2) is 18.6 Å². The number of carbonyl (C=O) groups excluding carboxylic acids is 1. The summed E-state index contributed by atoms with van der Waals surface area (Å²) in [6.07, 6.45) is 0.562. The van der Waals surface area contributed by atoms with E-state index in [0.29, 0.717) is 13.0 Å². The first-order valence-electron chi connectivity index (χ1n) is 5.60. The average Bonchev–Trinajstić information content (AvgIpc) is 2.36. The summed E-state index contributed by atoms with van der Waals surface area (Å²) in [7, 11) is 0. The zero-order valence-corrected chi connectivity index (χ0v) is 10.0. The molecule has 0 bridgehead atoms. The Morgan fingerprint density at radius 2 is 2.00 bits per heavy atom. The Morgan fingerprint density at radius 1 is 1.39 bits per heavy atom. The molecule has 0 spiro atoms. The van der Waals surface area contributed by atoms with E-state index >= 15 is 0 Å². The van der Waals surface area contributed by atoms with Crippen LogP contribution in [0.2, 0.25) is 0 Å². The van der Waals surface area contributed by atoms with Crippen LogP contribution in [0.25, 0.3) is 0 Å². The lowest BCUT2D eigenvalue weighted by Crippen LogP contribution is -2.39. The average molecular weight is 258 g/mol. The maximum atomic E-state index is 11.9. The zero-order valence-electron chi connectivity index (χ0n) is 10.0. The van der Waals surface area contributed by atoms with Gasteiger partial charge in [-0.15, -0.1) is 0 Å². The summed E-state index contributed by atoms with van der Waals surface area (Å²) in [6.45, 7) is -0.708. The number of carbonyl (C=O) groups is 1. The number of hydrogen-bond donors (Lipinski definition) is 2. The monoisotopic (exact) mass is 258 g/mol. The summed E-state index contributed by atoms with van der Waals surface area (Å²) in [5, 5.41) is 2.66. The summed E-state index contributed by atoms with van der Waals surface area (Å²) in [5.74, 6) is -0.143. The van der Waals surface area contributed by atoms with Crippen LogP contribution in [-0.2, 0) is 11.3 Å². The van der Waals surface area contributed by atoms with Gasteiger partial charge in [0.25, 0.3) is 0 Å². The van der Waals surface area contributed by atoms with Crippen molar-refractivity contribution in [3.8, 4) is 5.75 Å². The summed E-state index contributed by atoms with van der Waals surface area (Å²) >= 11 is 0. The van der Waals surface area contributed by atoms with Gasteiger partial charge in [0.2, 0.25) is 5.91 Å². The molecule has 1 aromatic carbocycles. The molecule has 3 N–H and O–H groups in total. The molecule has 0 unspecified atom stereocenters. The number of benzene rings is 1. The lowest BCUT2D eigenvalue weighted by atomic mass is 10.2. The molecule has 4 nitrogen and oxygen atoms in total. The van der Waals surface area contributed by atoms with Gasteiger partial charge in [-0.05, 0) is 24.1 Å². The summed E-state index contributed by atoms with van der Waals surface area (Å²) in [5.41, 5.74) is 6.33. The van der Waals surface area contributed by atoms with E-state index in [2.05, 4.69) is 10.1 Å². The predicted molar refractivity (Wildman–Crippen MR) is 63.2 cm³/mol. The predicted octanol–water partition coefficient (Wildman–Crippen LogP) is 1.64. The van der Waals surface area contributed by atoms with Crippen molar-refractivity contribution in [2.45, 2.75) is 32.5 Å². The maximum Gasteiger partial charge on any atom is 0.387 e. The Kier molecular flexibility index (Phi) is 5.51. The van der Waals surface area contributed by atoms with Gasteiger partial charge in [0.1, 0.15) is 5.75 Å². The lowest BCUT2D eigenvalue weighted by Gasteiger charge is -2.10. The molecule has 6 heteroatoms. The van der Waals surface area contributed by atoms with Gasteiger partial charge in [-0.25, -0.2) is 0 Å². The number of hydrogen-bond acceptors (Lipinski definition) is 3. The molecule has 0 aliphatic heterocycles. The van der Waals surface area contributed by atoms with Gasteiger partial charge in [0.15, 0.2) is 0 Å². The topological polar surface area (TPSA) is 64.4 Å². The Bertz CT molecular complexity index is 382. The van der Waals surface area contributed by atoms with E-state index in [0.717, 1.165) is 5.56 Å². The number of nitrogens with one attached hydrogen (secondary N) is 1. The summed E-state index contributed by atoms with van der Waals surface area (Å²) < 4.78 is 28.0. The summed E-state index contributed by atoms with van der Waals surface area (Å²) in [6, 6.07) is 5.54. The van der Waals surface area contributed by atoms with Crippen molar-refractivity contribution in [1.82, 2.24) is 5.32 Å². The molecule has 1 rings (SSSR count). The van der Waals surface area contributed by atoms with Crippen molar-refractivity contribution < 1.29 is 18.3 Å². The number of amides is 1. The largest absolute Gasteiger partial charge is 0.435 e. The highest BCUT2D eigenvalue weighted by Crippen LogP contribution is 2.14. The number of rotatable bonds is 6. The number of alkyl halides is 2. The minimum Gasteiger partial charge on any atom is -0.435 e. The molecule has 0 heterocycles. The molecule has 0 aromatic heterocycles. The van der Waals surface area contributed by atoms with Crippen molar-refractivity contribution >= 4 is 5.91 Å². The molecule has 1 aromatic rings. The van der Waals surface area contributed by atoms with Gasteiger partial charge < -0.3 is 15.8 Å². The van der Waals surface area contributed by atoms with E-state index in [4.69, 9.17) is 5.73 Å². The van der Waals surface area contributed by atoms with Crippen molar-refractivity contribution in [1.29, 1.82) is 0 Å². The normalized spacial score (nSPS) is 12.3. The second-order valence-corrected chi connectivity index (χ2v) is 3.75. The van der Waals surface area contributed by atoms with Gasteiger partial charge in [-0.1, -0.05) is 19.1 Å². The first kappa shape index (κ1) is 14.4. The summed E-state index contributed by atoms with van der Waals surface area (Å²) in [4.78, 5) is 11.4. The second kappa shape index (κ2) is 6.90. The quantitative estimate of drug-likeness (QED) is 0.815. The highest BCUT2D eigenvalue weighted by Gasteiger charge is 2.10. The van der Waals surface area contributed by atoms with Gasteiger partial charge in [0, 0.05) is 6.54 Å². The van der Waals surface area contributed by atoms with Crippen molar-refractivity contribution in [2.75, 3.05) is 0 Å². The third-order valence-electron chi connectivity index (χ3n) is 2.39. The third-order valence-corrected chi connectivity index (χ3v) is 2.39. The fourth-order valence-electron chi connectivity index (χ4n) is 1.29. The van der Waals surface area contributed by atoms with Crippen LogP contribution in [0.4, 0.5) is 8.78 Å². The minimum absolute atomic E-state index is 0.0883. The third kappa shape index (κ3) is 4.67. The molecule has 100 valence electrons. The maximum absolute atomic E-state index is 11.9. The molecular formula is C12H16F2N2O2. The van der Waals surface area contributed by atoms with Crippen LogP contribution in [0, 0.1) is 0 Å². The lowest BCUT2D eigenvalue weighted by molar-refractivity contribution is -0.122. The molecular weight excluding hydrogens is 242 g/mol. The van der Waals surface area contributed by atoms with Crippen LogP contribution in [0.5, 0.6) is 5.75 Å². The van der Waals surface area contributed by atoms with Gasteiger partial charge >= 0.3 is 6.61 Å². The van der Waals surface area contributed by atoms with Crippen molar-refractivity contribution in [3.63, 3.8) is 0 Å². The molecule has 1 amide bonds. The highest BCUT2D eigenvalue weighted by molar-refractivity contribution is 5.81. The first-order chi connectivity index (χ1) is 8.52. The highest BCUT2D eigenvalue weighted by atomic mass is 19.3. The Balaban J connectivity index is 2.46. The molecule has 0 aliphatic rings. The Hall–Kier alpha value is -1.69. The van der Waals surface area contributed by atoms with E-state index in [1.165, 1.54) is 12.1 Å². The van der Waals surface area contributed by atoms with E-state index in [1.54, 1.807) is 12.1 Å². The van der Waals surface area contributed by atoms with Gasteiger partial charge in [-0.3, -0.25) is 4.79 Å². The number of nitrogens with two attached hydrogens (primary N) is 1. The molecule has 1 atom stereocenters. The smallest absolute Gasteiger partial charge is 0.387 e. The van der Waals surface area contributed by atoms with Crippen molar-refractivity contribution in [2.24, 2.45) is 5.73 Å². The van der Waals surface area contributed by atoms with Crippen LogP contribution in [0.15, 0.2) is 24.3 Å². The standard InChI is InChI=1S/C12H16F2N2O2/c1-2-10(15)11(17)16-7-8-3-5-9(6-4-8)18-12(13)14/h3-6,10,12H,2,7,15H2,1H3,(H,16,17)/t10-/m0/s1. The first-order valence-corrected chi connectivity index (χ1v) is 5.60. The SMILES string of the molecule is CC[C@H](N)C(=O)NCc1ccc(OC(F)F)cc1.